The van der Waals surface area contributed by atoms with Crippen LogP contribution in [0.2, 0.25) is 0 Å². The summed E-state index contributed by atoms with van der Waals surface area (Å²) in [4.78, 5) is 2.47. The predicted molar refractivity (Wildman–Crippen MR) is 246 cm³/mol. The summed E-state index contributed by atoms with van der Waals surface area (Å²) in [6.07, 6.45) is 0. The molecule has 0 amide bonds. The first-order chi connectivity index (χ1) is 29.3. The van der Waals surface area contributed by atoms with E-state index in [4.69, 9.17) is 4.42 Å². The molecular formula is C57H37NO. The minimum Gasteiger partial charge on any atom is -0.455 e. The van der Waals surface area contributed by atoms with Crippen molar-refractivity contribution < 1.29 is 4.42 Å². The lowest BCUT2D eigenvalue weighted by molar-refractivity contribution is 0.670. The Kier molecular flexibility index (Phi) is 7.48. The highest BCUT2D eigenvalue weighted by atomic mass is 16.3. The van der Waals surface area contributed by atoms with Gasteiger partial charge in [0.2, 0.25) is 0 Å². The van der Waals surface area contributed by atoms with Crippen LogP contribution in [0.1, 0.15) is 22.3 Å². The number of rotatable bonds is 6. The van der Waals surface area contributed by atoms with Crippen molar-refractivity contribution in [1.82, 2.24) is 0 Å². The number of fused-ring (bicyclic) bond motifs is 8. The van der Waals surface area contributed by atoms with Gasteiger partial charge in [0.05, 0.1) is 16.8 Å². The Morgan fingerprint density at radius 2 is 0.898 bits per heavy atom. The van der Waals surface area contributed by atoms with Crippen molar-refractivity contribution in [3.8, 4) is 22.3 Å². The van der Waals surface area contributed by atoms with Gasteiger partial charge in [0.15, 0.2) is 0 Å². The van der Waals surface area contributed by atoms with E-state index in [-0.39, 0.29) is 0 Å². The molecule has 0 N–H and O–H groups in total. The molecule has 0 unspecified atom stereocenters. The van der Waals surface area contributed by atoms with Gasteiger partial charge in [-0.25, -0.2) is 0 Å². The molecule has 12 rings (SSSR count). The molecule has 1 aliphatic rings. The van der Waals surface area contributed by atoms with E-state index in [1.165, 1.54) is 54.9 Å². The van der Waals surface area contributed by atoms with Gasteiger partial charge in [-0.3, -0.25) is 0 Å². The lowest BCUT2D eigenvalue weighted by Gasteiger charge is -2.35. The average Bonchev–Trinajstić information content (AvgIpc) is 3.82. The molecule has 11 aromatic rings. The van der Waals surface area contributed by atoms with Crippen LogP contribution in [0.3, 0.4) is 0 Å². The highest BCUT2D eigenvalue weighted by molar-refractivity contribution is 6.14. The average molecular weight is 752 g/mol. The van der Waals surface area contributed by atoms with E-state index in [0.29, 0.717) is 0 Å². The van der Waals surface area contributed by atoms with Crippen LogP contribution >= 0.6 is 0 Å². The highest BCUT2D eigenvalue weighted by Gasteiger charge is 2.46. The zero-order valence-corrected chi connectivity index (χ0v) is 32.2. The summed E-state index contributed by atoms with van der Waals surface area (Å²) in [5, 5.41) is 6.98. The summed E-state index contributed by atoms with van der Waals surface area (Å²) in [6.45, 7) is 0. The second-order valence-electron chi connectivity index (χ2n) is 15.6. The number of furan rings is 1. The SMILES string of the molecule is c1ccc(C2(c3ccccc3)c3ccccc3-c3ccc(N(c4ccccc4-c4cccc5c4oc4cc6ccccc6cc45)c4cccc5ccccc45)cc32)cc1. The van der Waals surface area contributed by atoms with Gasteiger partial charge >= 0.3 is 0 Å². The summed E-state index contributed by atoms with van der Waals surface area (Å²) in [5.74, 6) is 0. The monoisotopic (exact) mass is 751 g/mol. The molecule has 0 atom stereocenters. The number of hydrogen-bond acceptors (Lipinski definition) is 2. The van der Waals surface area contributed by atoms with Crippen molar-refractivity contribution in [2.75, 3.05) is 4.90 Å². The summed E-state index contributed by atoms with van der Waals surface area (Å²) in [5.41, 5.74) is 14.2. The second kappa shape index (κ2) is 13.2. The first-order valence-electron chi connectivity index (χ1n) is 20.3. The van der Waals surface area contributed by atoms with Crippen LogP contribution < -0.4 is 4.90 Å². The van der Waals surface area contributed by atoms with Crippen molar-refractivity contribution in [3.05, 3.63) is 247 Å². The van der Waals surface area contributed by atoms with Crippen LogP contribution in [0.4, 0.5) is 17.1 Å². The quantitative estimate of drug-likeness (QED) is 0.168. The maximum atomic E-state index is 6.87. The molecule has 2 heteroatoms. The number of para-hydroxylation sites is 2. The molecule has 0 saturated heterocycles. The molecule has 1 aromatic heterocycles. The standard InChI is InChI=1S/C57H37NO/c1-3-21-41(22-4-1)57(42-23-5-2-6-24-42)51-30-13-11-26-45(51)46-34-33-43(37-52(46)57)58(53-32-15-20-38-17-9-10-25-44(38)53)54-31-14-12-27-47(54)48-28-16-29-49-50-35-39-18-7-8-19-40(39)36-55(50)59-56(48)49/h1-37H. The molecular weight excluding hydrogens is 715 g/mol. The van der Waals surface area contributed by atoms with Crippen LogP contribution in [-0.2, 0) is 5.41 Å². The highest BCUT2D eigenvalue weighted by Crippen LogP contribution is 2.57. The van der Waals surface area contributed by atoms with Gasteiger partial charge in [-0.1, -0.05) is 188 Å². The molecule has 59 heavy (non-hydrogen) atoms. The van der Waals surface area contributed by atoms with E-state index in [2.05, 4.69) is 229 Å². The third-order valence-corrected chi connectivity index (χ3v) is 12.5. The fourth-order valence-corrected chi connectivity index (χ4v) is 9.97. The van der Waals surface area contributed by atoms with Crippen LogP contribution in [0.25, 0.3) is 65.7 Å². The molecule has 10 aromatic carbocycles. The van der Waals surface area contributed by atoms with Gasteiger partial charge in [-0.2, -0.15) is 0 Å². The predicted octanol–water partition coefficient (Wildman–Crippen LogP) is 15.4. The summed E-state index contributed by atoms with van der Waals surface area (Å²) >= 11 is 0. The third kappa shape index (κ3) is 5.00. The van der Waals surface area contributed by atoms with Gasteiger partial charge in [0, 0.05) is 33.0 Å². The van der Waals surface area contributed by atoms with Crippen molar-refractivity contribution >= 4 is 60.5 Å². The number of nitrogens with zero attached hydrogens (tertiary/aromatic N) is 1. The van der Waals surface area contributed by atoms with E-state index in [1.807, 2.05) is 0 Å². The third-order valence-electron chi connectivity index (χ3n) is 12.5. The normalized spacial score (nSPS) is 12.9. The summed E-state index contributed by atoms with van der Waals surface area (Å²) in [6, 6.07) is 81.9. The second-order valence-corrected chi connectivity index (χ2v) is 15.6. The fraction of sp³-hybridized carbons (Fsp3) is 0.0175. The molecule has 0 saturated carbocycles. The Bertz CT molecular complexity index is 3350. The van der Waals surface area contributed by atoms with Crippen molar-refractivity contribution in [2.24, 2.45) is 0 Å². The van der Waals surface area contributed by atoms with Gasteiger partial charge < -0.3 is 9.32 Å². The topological polar surface area (TPSA) is 16.4 Å². The van der Waals surface area contributed by atoms with Gasteiger partial charge in [0.25, 0.3) is 0 Å². The maximum absolute atomic E-state index is 6.87. The lowest BCUT2D eigenvalue weighted by atomic mass is 9.67. The summed E-state index contributed by atoms with van der Waals surface area (Å²) in [7, 11) is 0. The minimum atomic E-state index is -0.530. The van der Waals surface area contributed by atoms with Crippen LogP contribution in [-0.4, -0.2) is 0 Å². The molecule has 0 bridgehead atoms. The maximum Gasteiger partial charge on any atom is 0.143 e. The van der Waals surface area contributed by atoms with Gasteiger partial charge in [-0.05, 0) is 85.9 Å². The Morgan fingerprint density at radius 3 is 1.69 bits per heavy atom. The molecule has 276 valence electrons. The molecule has 1 heterocycles. The lowest BCUT2D eigenvalue weighted by Crippen LogP contribution is -2.28. The Morgan fingerprint density at radius 1 is 0.339 bits per heavy atom. The Balaban J connectivity index is 1.15. The zero-order chi connectivity index (χ0) is 38.9. The molecule has 1 aliphatic carbocycles. The van der Waals surface area contributed by atoms with E-state index >= 15 is 0 Å². The number of anilines is 3. The molecule has 2 nitrogen and oxygen atoms in total. The minimum absolute atomic E-state index is 0.530. The van der Waals surface area contributed by atoms with E-state index < -0.39 is 5.41 Å². The Hall–Kier alpha value is -7.68. The Labute approximate surface area is 342 Å². The van der Waals surface area contributed by atoms with Crippen molar-refractivity contribution in [2.45, 2.75) is 5.41 Å². The van der Waals surface area contributed by atoms with Gasteiger partial charge in [0.1, 0.15) is 11.2 Å². The zero-order valence-electron chi connectivity index (χ0n) is 32.2. The van der Waals surface area contributed by atoms with Crippen LogP contribution in [0.15, 0.2) is 229 Å². The van der Waals surface area contributed by atoms with Crippen LogP contribution in [0.5, 0.6) is 0 Å². The van der Waals surface area contributed by atoms with E-state index in [0.717, 1.165) is 50.1 Å². The van der Waals surface area contributed by atoms with Gasteiger partial charge in [-0.15, -0.1) is 0 Å². The van der Waals surface area contributed by atoms with Crippen molar-refractivity contribution in [3.63, 3.8) is 0 Å². The van der Waals surface area contributed by atoms with E-state index in [9.17, 15) is 0 Å². The smallest absolute Gasteiger partial charge is 0.143 e. The first-order valence-corrected chi connectivity index (χ1v) is 20.3. The van der Waals surface area contributed by atoms with Crippen molar-refractivity contribution in [1.29, 1.82) is 0 Å². The fourth-order valence-electron chi connectivity index (χ4n) is 9.97. The summed E-state index contributed by atoms with van der Waals surface area (Å²) < 4.78 is 6.87. The van der Waals surface area contributed by atoms with Crippen LogP contribution in [0, 0.1) is 0 Å². The number of benzene rings is 10. The number of hydrogen-bond donors (Lipinski definition) is 0. The molecule has 0 fully saturated rings. The molecule has 0 aliphatic heterocycles. The first kappa shape index (κ1) is 33.5. The largest absolute Gasteiger partial charge is 0.455 e. The molecule has 0 spiro atoms. The van der Waals surface area contributed by atoms with E-state index in [1.54, 1.807) is 0 Å². The molecule has 0 radical (unpaired) electrons.